The van der Waals surface area contributed by atoms with Crippen LogP contribution in [-0.2, 0) is 4.79 Å². The predicted octanol–water partition coefficient (Wildman–Crippen LogP) is 1.32. The molecule has 0 aromatic heterocycles. The number of piperazine rings is 1. The zero-order valence-electron chi connectivity index (χ0n) is 15.0. The van der Waals surface area contributed by atoms with Crippen molar-refractivity contribution in [3.63, 3.8) is 0 Å². The molecule has 1 aliphatic rings. The van der Waals surface area contributed by atoms with Crippen LogP contribution in [0.5, 0.6) is 0 Å². The molecule has 0 saturated carbocycles. The molecule has 1 saturated heterocycles. The molecule has 0 atom stereocenters. The number of nitrogens with zero attached hydrogens (tertiary/aromatic N) is 2. The van der Waals surface area contributed by atoms with Gasteiger partial charge in [-0.15, -0.1) is 0 Å². The standard InChI is InChI=1S/C19H30N4O/c1-3-17(4-2)16-20-21-19(24)10-11-22-12-14-23(15-13-22)18-8-6-5-7-9-18/h5-9,16-17H,3-4,10-15H2,1-2H3,(H,21,24)/p+1/b20-16-. The lowest BCUT2D eigenvalue weighted by atomic mass is 10.1. The van der Waals surface area contributed by atoms with Crippen molar-refractivity contribution in [2.45, 2.75) is 33.1 Å². The second-order valence-corrected chi connectivity index (χ2v) is 6.46. The molecule has 5 heteroatoms. The zero-order valence-corrected chi connectivity index (χ0v) is 15.0. The highest BCUT2D eigenvalue weighted by atomic mass is 16.2. The Hall–Kier alpha value is -1.88. The first-order chi connectivity index (χ1) is 11.7. The molecule has 0 spiro atoms. The first-order valence-electron chi connectivity index (χ1n) is 9.18. The van der Waals surface area contributed by atoms with Gasteiger partial charge >= 0.3 is 0 Å². The number of para-hydroxylation sites is 1. The number of carbonyl (C=O) groups excluding carboxylic acids is 1. The largest absolute Gasteiger partial charge is 0.360 e. The maximum atomic E-state index is 11.9. The summed E-state index contributed by atoms with van der Waals surface area (Å²) in [5, 5.41) is 4.09. The van der Waals surface area contributed by atoms with Crippen molar-refractivity contribution < 1.29 is 9.69 Å². The van der Waals surface area contributed by atoms with Crippen molar-refractivity contribution in [1.82, 2.24) is 5.43 Å². The molecule has 1 heterocycles. The summed E-state index contributed by atoms with van der Waals surface area (Å²) in [5.74, 6) is 0.484. The fraction of sp³-hybridized carbons (Fsp3) is 0.579. The molecule has 132 valence electrons. The molecule has 1 aromatic carbocycles. The number of carbonyl (C=O) groups is 1. The van der Waals surface area contributed by atoms with Gasteiger partial charge in [0.05, 0.1) is 39.1 Å². The van der Waals surface area contributed by atoms with E-state index in [1.54, 1.807) is 0 Å². The Morgan fingerprint density at radius 2 is 1.92 bits per heavy atom. The number of amides is 1. The van der Waals surface area contributed by atoms with Gasteiger partial charge in [-0.25, -0.2) is 5.43 Å². The average molecular weight is 331 g/mol. The molecule has 1 aromatic rings. The summed E-state index contributed by atoms with van der Waals surface area (Å²) in [7, 11) is 0. The second kappa shape index (κ2) is 10.1. The number of hydrogen-bond acceptors (Lipinski definition) is 3. The summed E-state index contributed by atoms with van der Waals surface area (Å²) >= 11 is 0. The predicted molar refractivity (Wildman–Crippen MR) is 99.5 cm³/mol. The minimum absolute atomic E-state index is 0.0233. The number of anilines is 1. The number of hydrazone groups is 1. The van der Waals surface area contributed by atoms with Crippen LogP contribution in [0.15, 0.2) is 35.4 Å². The summed E-state index contributed by atoms with van der Waals surface area (Å²) in [6.07, 6.45) is 4.53. The van der Waals surface area contributed by atoms with Gasteiger partial charge in [0, 0.05) is 11.9 Å². The number of nitrogens with one attached hydrogen (secondary N) is 2. The third kappa shape index (κ3) is 5.96. The molecule has 1 fully saturated rings. The number of rotatable bonds is 8. The Balaban J connectivity index is 1.64. The summed E-state index contributed by atoms with van der Waals surface area (Å²) in [5.41, 5.74) is 3.96. The van der Waals surface area contributed by atoms with Gasteiger partial charge in [0.25, 0.3) is 0 Å². The SMILES string of the molecule is CCC(/C=N\NC(=O)CC[NH+]1CCN(c2ccccc2)CC1)CC. The van der Waals surface area contributed by atoms with Gasteiger partial charge in [0.1, 0.15) is 0 Å². The van der Waals surface area contributed by atoms with E-state index in [4.69, 9.17) is 0 Å². The van der Waals surface area contributed by atoms with Gasteiger partial charge in [0.15, 0.2) is 0 Å². The Morgan fingerprint density at radius 3 is 2.54 bits per heavy atom. The van der Waals surface area contributed by atoms with Crippen LogP contribution in [0.25, 0.3) is 0 Å². The van der Waals surface area contributed by atoms with Crippen LogP contribution >= 0.6 is 0 Å². The molecule has 0 radical (unpaired) electrons. The van der Waals surface area contributed by atoms with Crippen LogP contribution in [0.1, 0.15) is 33.1 Å². The van der Waals surface area contributed by atoms with Crippen molar-refractivity contribution in [3.8, 4) is 0 Å². The third-order valence-corrected chi connectivity index (χ3v) is 4.82. The molecule has 1 amide bonds. The molecule has 24 heavy (non-hydrogen) atoms. The molecule has 2 rings (SSSR count). The second-order valence-electron chi connectivity index (χ2n) is 6.46. The highest BCUT2D eigenvalue weighted by Crippen LogP contribution is 2.12. The van der Waals surface area contributed by atoms with Gasteiger partial charge in [-0.1, -0.05) is 32.0 Å². The summed E-state index contributed by atoms with van der Waals surface area (Å²) in [4.78, 5) is 15.8. The van der Waals surface area contributed by atoms with E-state index in [1.807, 2.05) is 6.21 Å². The van der Waals surface area contributed by atoms with E-state index in [1.165, 1.54) is 10.6 Å². The zero-order chi connectivity index (χ0) is 17.2. The first kappa shape index (κ1) is 18.5. The van der Waals surface area contributed by atoms with Gasteiger partial charge in [0.2, 0.25) is 5.91 Å². The lowest BCUT2D eigenvalue weighted by Crippen LogP contribution is -3.15. The molecule has 0 aliphatic carbocycles. The van der Waals surface area contributed by atoms with E-state index in [0.29, 0.717) is 12.3 Å². The minimum Gasteiger partial charge on any atom is -0.360 e. The lowest BCUT2D eigenvalue weighted by Gasteiger charge is -2.33. The van der Waals surface area contributed by atoms with Crippen LogP contribution in [0.4, 0.5) is 5.69 Å². The van der Waals surface area contributed by atoms with E-state index >= 15 is 0 Å². The highest BCUT2D eigenvalue weighted by molar-refractivity contribution is 5.76. The maximum absolute atomic E-state index is 11.9. The van der Waals surface area contributed by atoms with Gasteiger partial charge in [-0.3, -0.25) is 4.79 Å². The normalized spacial score (nSPS) is 16.0. The Morgan fingerprint density at radius 1 is 1.25 bits per heavy atom. The fourth-order valence-electron chi connectivity index (χ4n) is 3.03. The van der Waals surface area contributed by atoms with Gasteiger partial charge < -0.3 is 9.80 Å². The molecule has 2 N–H and O–H groups in total. The Kier molecular flexibility index (Phi) is 7.75. The molecule has 5 nitrogen and oxygen atoms in total. The maximum Gasteiger partial charge on any atom is 0.245 e. The average Bonchev–Trinajstić information content (AvgIpc) is 2.65. The van der Waals surface area contributed by atoms with Crippen molar-refractivity contribution in [1.29, 1.82) is 0 Å². The van der Waals surface area contributed by atoms with Crippen LogP contribution in [0.3, 0.4) is 0 Å². The monoisotopic (exact) mass is 331 g/mol. The lowest BCUT2D eigenvalue weighted by molar-refractivity contribution is -0.900. The minimum atomic E-state index is 0.0233. The van der Waals surface area contributed by atoms with Crippen molar-refractivity contribution in [2.75, 3.05) is 37.6 Å². The number of quaternary nitrogens is 1. The molecule has 0 unspecified atom stereocenters. The van der Waals surface area contributed by atoms with Crippen molar-refractivity contribution >= 4 is 17.8 Å². The van der Waals surface area contributed by atoms with Crippen LogP contribution in [0, 0.1) is 5.92 Å². The molecular formula is C19H31N4O+. The third-order valence-electron chi connectivity index (χ3n) is 4.82. The first-order valence-corrected chi connectivity index (χ1v) is 9.18. The molecule has 1 aliphatic heterocycles. The molecule has 0 bridgehead atoms. The van der Waals surface area contributed by atoms with Gasteiger partial charge in [-0.2, -0.15) is 5.10 Å². The quantitative estimate of drug-likeness (QED) is 0.558. The van der Waals surface area contributed by atoms with Crippen molar-refractivity contribution in [2.24, 2.45) is 11.0 Å². The summed E-state index contributed by atoms with van der Waals surface area (Å²) in [6, 6.07) is 10.5. The number of benzene rings is 1. The van der Waals surface area contributed by atoms with E-state index in [9.17, 15) is 4.79 Å². The fourth-order valence-corrected chi connectivity index (χ4v) is 3.03. The highest BCUT2D eigenvalue weighted by Gasteiger charge is 2.20. The summed E-state index contributed by atoms with van der Waals surface area (Å²) < 4.78 is 0. The molecular weight excluding hydrogens is 300 g/mol. The Bertz CT molecular complexity index is 505. The van der Waals surface area contributed by atoms with Crippen LogP contribution in [-0.4, -0.2) is 44.8 Å². The van der Waals surface area contributed by atoms with E-state index in [0.717, 1.165) is 45.6 Å². The summed E-state index contributed by atoms with van der Waals surface area (Å²) in [6.45, 7) is 9.43. The van der Waals surface area contributed by atoms with Crippen LogP contribution < -0.4 is 15.2 Å². The smallest absolute Gasteiger partial charge is 0.245 e. The van der Waals surface area contributed by atoms with E-state index in [2.05, 4.69) is 59.6 Å². The van der Waals surface area contributed by atoms with Crippen molar-refractivity contribution in [3.05, 3.63) is 30.3 Å². The van der Waals surface area contributed by atoms with E-state index < -0.39 is 0 Å². The Labute approximate surface area is 145 Å². The van der Waals surface area contributed by atoms with Crippen LogP contribution in [0.2, 0.25) is 0 Å². The van der Waals surface area contributed by atoms with E-state index in [-0.39, 0.29) is 5.91 Å². The van der Waals surface area contributed by atoms with Gasteiger partial charge in [-0.05, 0) is 30.9 Å². The number of hydrogen-bond donors (Lipinski definition) is 2. The topological polar surface area (TPSA) is 49.1 Å².